The minimum absolute atomic E-state index is 0.0360. The third kappa shape index (κ3) is 2.40. The summed E-state index contributed by atoms with van der Waals surface area (Å²) in [6.07, 6.45) is -0.0360. The Bertz CT molecular complexity index is 569. The summed E-state index contributed by atoms with van der Waals surface area (Å²) in [6.45, 7) is 1.76. The Morgan fingerprint density at radius 3 is 2.68 bits per heavy atom. The largest absolute Gasteiger partial charge is 0.481 e. The quantitative estimate of drug-likeness (QED) is 0.655. The molecule has 19 heavy (non-hydrogen) atoms. The molecule has 1 aromatic rings. The normalized spacial score (nSPS) is 18.7. The molecule has 7 nitrogen and oxygen atoms in total. The van der Waals surface area contributed by atoms with Crippen LogP contribution in [0, 0.1) is 23.0 Å². The number of anilines is 1. The molecule has 0 bridgehead atoms. The van der Waals surface area contributed by atoms with Crippen molar-refractivity contribution < 1.29 is 19.6 Å². The van der Waals surface area contributed by atoms with Crippen LogP contribution in [0.3, 0.4) is 0 Å². The van der Waals surface area contributed by atoms with E-state index in [9.17, 15) is 19.7 Å². The lowest BCUT2D eigenvalue weighted by atomic mass is 10.1. The predicted molar refractivity (Wildman–Crippen MR) is 65.9 cm³/mol. The van der Waals surface area contributed by atoms with Gasteiger partial charge < -0.3 is 10.0 Å². The summed E-state index contributed by atoms with van der Waals surface area (Å²) in [7, 11) is 0. The van der Waals surface area contributed by atoms with E-state index in [4.69, 9.17) is 5.11 Å². The van der Waals surface area contributed by atoms with Crippen LogP contribution in [0.1, 0.15) is 12.0 Å². The minimum Gasteiger partial charge on any atom is -0.481 e. The molecule has 100 valence electrons. The van der Waals surface area contributed by atoms with Crippen LogP contribution in [0.4, 0.5) is 11.4 Å². The number of aryl methyl sites for hydroxylation is 1. The van der Waals surface area contributed by atoms with Gasteiger partial charge in [-0.2, -0.15) is 0 Å². The second-order valence-electron chi connectivity index (χ2n) is 4.47. The Labute approximate surface area is 108 Å². The van der Waals surface area contributed by atoms with Crippen molar-refractivity contribution in [2.75, 3.05) is 11.4 Å². The first kappa shape index (κ1) is 13.0. The van der Waals surface area contributed by atoms with Crippen molar-refractivity contribution >= 4 is 23.3 Å². The lowest BCUT2D eigenvalue weighted by Crippen LogP contribution is -2.26. The van der Waals surface area contributed by atoms with Gasteiger partial charge in [-0.05, 0) is 18.6 Å². The van der Waals surface area contributed by atoms with Crippen LogP contribution in [-0.2, 0) is 9.59 Å². The number of rotatable bonds is 3. The van der Waals surface area contributed by atoms with E-state index in [0.29, 0.717) is 11.3 Å². The molecule has 0 saturated carbocycles. The molecule has 1 fully saturated rings. The number of nitro benzene ring substituents is 1. The Kier molecular flexibility index (Phi) is 3.20. The topological polar surface area (TPSA) is 101 Å². The summed E-state index contributed by atoms with van der Waals surface area (Å²) in [4.78, 5) is 34.2. The van der Waals surface area contributed by atoms with E-state index in [1.54, 1.807) is 6.92 Å². The number of aliphatic carboxylic acids is 1. The van der Waals surface area contributed by atoms with E-state index in [1.807, 2.05) is 0 Å². The number of carboxylic acid groups (broad SMARTS) is 1. The van der Waals surface area contributed by atoms with Crippen molar-refractivity contribution in [3.63, 3.8) is 0 Å². The van der Waals surface area contributed by atoms with Gasteiger partial charge in [-0.15, -0.1) is 0 Å². The van der Waals surface area contributed by atoms with Gasteiger partial charge in [0, 0.05) is 30.8 Å². The van der Waals surface area contributed by atoms with Crippen LogP contribution in [0.15, 0.2) is 18.2 Å². The molecule has 0 unspecified atom stereocenters. The van der Waals surface area contributed by atoms with E-state index in [0.717, 1.165) is 0 Å². The van der Waals surface area contributed by atoms with Crippen molar-refractivity contribution in [3.8, 4) is 0 Å². The maximum atomic E-state index is 11.8. The molecule has 1 aliphatic rings. The first-order chi connectivity index (χ1) is 8.90. The maximum Gasteiger partial charge on any atom is 0.308 e. The first-order valence-electron chi connectivity index (χ1n) is 5.68. The summed E-state index contributed by atoms with van der Waals surface area (Å²) in [6, 6.07) is 4.16. The Morgan fingerprint density at radius 1 is 1.53 bits per heavy atom. The summed E-state index contributed by atoms with van der Waals surface area (Å²) in [5, 5.41) is 19.6. The van der Waals surface area contributed by atoms with Gasteiger partial charge in [-0.1, -0.05) is 0 Å². The zero-order valence-corrected chi connectivity index (χ0v) is 10.2. The van der Waals surface area contributed by atoms with Gasteiger partial charge in [-0.25, -0.2) is 0 Å². The van der Waals surface area contributed by atoms with Crippen LogP contribution in [0.2, 0.25) is 0 Å². The fourth-order valence-corrected chi connectivity index (χ4v) is 2.16. The van der Waals surface area contributed by atoms with Gasteiger partial charge in [0.15, 0.2) is 0 Å². The van der Waals surface area contributed by atoms with Crippen molar-refractivity contribution in [3.05, 3.63) is 33.9 Å². The highest BCUT2D eigenvalue weighted by molar-refractivity contribution is 5.99. The van der Waals surface area contributed by atoms with Gasteiger partial charge in [0.1, 0.15) is 0 Å². The van der Waals surface area contributed by atoms with Gasteiger partial charge in [0.25, 0.3) is 5.69 Å². The number of nitro groups is 1. The molecule has 1 atom stereocenters. The summed E-state index contributed by atoms with van der Waals surface area (Å²) >= 11 is 0. The standard InChI is InChI=1S/C12H12N2O5/c1-7-4-9(14(18)19)2-3-10(7)13-6-8(12(16)17)5-11(13)15/h2-4,8H,5-6H2,1H3,(H,16,17)/t8-/m0/s1. The van der Waals surface area contributed by atoms with E-state index >= 15 is 0 Å². The van der Waals surface area contributed by atoms with Crippen LogP contribution in [0.25, 0.3) is 0 Å². The molecular weight excluding hydrogens is 252 g/mol. The van der Waals surface area contributed by atoms with Crippen molar-refractivity contribution in [1.82, 2.24) is 0 Å². The first-order valence-corrected chi connectivity index (χ1v) is 5.68. The number of carboxylic acids is 1. The van der Waals surface area contributed by atoms with Crippen LogP contribution >= 0.6 is 0 Å². The molecule has 0 aromatic heterocycles. The SMILES string of the molecule is Cc1cc([N+](=O)[O-])ccc1N1C[C@@H](C(=O)O)CC1=O. The van der Waals surface area contributed by atoms with Crippen LogP contribution < -0.4 is 4.90 Å². The highest BCUT2D eigenvalue weighted by Gasteiger charge is 2.35. The number of carbonyl (C=O) groups excluding carboxylic acids is 1. The average molecular weight is 264 g/mol. The molecule has 7 heteroatoms. The summed E-state index contributed by atoms with van der Waals surface area (Å²) in [5.74, 6) is -2.00. The average Bonchev–Trinajstić information content (AvgIpc) is 2.71. The van der Waals surface area contributed by atoms with Crippen molar-refractivity contribution in [2.24, 2.45) is 5.92 Å². The number of hydrogen-bond acceptors (Lipinski definition) is 4. The number of benzene rings is 1. The number of non-ortho nitro benzene ring substituents is 1. The van der Waals surface area contributed by atoms with Gasteiger partial charge in [0.2, 0.25) is 5.91 Å². The number of hydrogen-bond donors (Lipinski definition) is 1. The van der Waals surface area contributed by atoms with Gasteiger partial charge >= 0.3 is 5.97 Å². The second kappa shape index (κ2) is 4.68. The van der Waals surface area contributed by atoms with Crippen LogP contribution in [0.5, 0.6) is 0 Å². The highest BCUT2D eigenvalue weighted by Crippen LogP contribution is 2.30. The number of nitrogens with zero attached hydrogens (tertiary/aromatic N) is 2. The molecule has 0 radical (unpaired) electrons. The highest BCUT2D eigenvalue weighted by atomic mass is 16.6. The number of amides is 1. The van der Waals surface area contributed by atoms with Gasteiger partial charge in [0.05, 0.1) is 10.8 Å². The minimum atomic E-state index is -1.00. The molecule has 0 aliphatic carbocycles. The van der Waals surface area contributed by atoms with E-state index in [-0.39, 0.29) is 24.6 Å². The molecule has 1 aromatic carbocycles. The molecule has 1 N–H and O–H groups in total. The van der Waals surface area contributed by atoms with Crippen molar-refractivity contribution in [1.29, 1.82) is 0 Å². The Balaban J connectivity index is 2.30. The molecule has 1 amide bonds. The zero-order valence-electron chi connectivity index (χ0n) is 10.2. The molecule has 1 heterocycles. The fraction of sp³-hybridized carbons (Fsp3) is 0.333. The van der Waals surface area contributed by atoms with Gasteiger partial charge in [-0.3, -0.25) is 19.7 Å². The summed E-state index contributed by atoms with van der Waals surface area (Å²) in [5.41, 5.74) is 1.05. The lowest BCUT2D eigenvalue weighted by Gasteiger charge is -2.18. The lowest BCUT2D eigenvalue weighted by molar-refractivity contribution is -0.384. The molecular formula is C12H12N2O5. The van der Waals surface area contributed by atoms with E-state index in [2.05, 4.69) is 0 Å². The van der Waals surface area contributed by atoms with Crippen molar-refractivity contribution in [2.45, 2.75) is 13.3 Å². The monoisotopic (exact) mass is 264 g/mol. The number of carbonyl (C=O) groups is 2. The smallest absolute Gasteiger partial charge is 0.308 e. The van der Waals surface area contributed by atoms with Crippen LogP contribution in [-0.4, -0.2) is 28.5 Å². The molecule has 2 rings (SSSR count). The molecule has 0 spiro atoms. The third-order valence-electron chi connectivity index (χ3n) is 3.16. The van der Waals surface area contributed by atoms with E-state index in [1.165, 1.54) is 23.1 Å². The third-order valence-corrected chi connectivity index (χ3v) is 3.16. The Morgan fingerprint density at radius 2 is 2.21 bits per heavy atom. The maximum absolute atomic E-state index is 11.8. The zero-order chi connectivity index (χ0) is 14.2. The molecule has 1 saturated heterocycles. The Hall–Kier alpha value is -2.44. The van der Waals surface area contributed by atoms with E-state index < -0.39 is 16.8 Å². The second-order valence-corrected chi connectivity index (χ2v) is 4.47. The summed E-state index contributed by atoms with van der Waals surface area (Å²) < 4.78 is 0. The fourth-order valence-electron chi connectivity index (χ4n) is 2.16. The predicted octanol–water partition coefficient (Wildman–Crippen LogP) is 1.34. The molecule has 1 aliphatic heterocycles.